The van der Waals surface area contributed by atoms with Crippen molar-refractivity contribution in [3.05, 3.63) is 18.2 Å². The van der Waals surface area contributed by atoms with Crippen molar-refractivity contribution in [3.63, 3.8) is 0 Å². The van der Waals surface area contributed by atoms with Crippen LogP contribution in [0.2, 0.25) is 0 Å². The molecule has 0 saturated carbocycles. The van der Waals surface area contributed by atoms with Gasteiger partial charge in [-0.05, 0) is 31.4 Å². The highest BCUT2D eigenvalue weighted by Gasteiger charge is 2.09. The zero-order valence-electron chi connectivity index (χ0n) is 12.5. The maximum Gasteiger partial charge on any atom is 0.144 e. The smallest absolute Gasteiger partial charge is 0.144 e. The van der Waals surface area contributed by atoms with Crippen LogP contribution in [0, 0.1) is 5.92 Å². The van der Waals surface area contributed by atoms with E-state index in [0.717, 1.165) is 29.6 Å². The summed E-state index contributed by atoms with van der Waals surface area (Å²) in [6.07, 6.45) is 5.05. The zero-order chi connectivity index (χ0) is 14.1. The lowest BCUT2D eigenvalue weighted by Crippen LogP contribution is -2.14. The second-order valence-corrected chi connectivity index (χ2v) is 4.95. The lowest BCUT2D eigenvalue weighted by molar-refractivity contribution is 0.342. The van der Waals surface area contributed by atoms with Crippen LogP contribution in [-0.2, 0) is 0 Å². The normalized spacial score (nSPS) is 12.2. The first-order valence-corrected chi connectivity index (χ1v) is 7.48. The first-order chi connectivity index (χ1) is 9.22. The summed E-state index contributed by atoms with van der Waals surface area (Å²) in [7, 11) is 0. The molecule has 1 rings (SSSR count). The Morgan fingerprint density at radius 2 is 2.05 bits per heavy atom. The summed E-state index contributed by atoms with van der Waals surface area (Å²) in [5.41, 5.74) is 7.81. The number of hydrogen-bond donors (Lipinski definition) is 2. The van der Waals surface area contributed by atoms with Crippen molar-refractivity contribution in [2.45, 2.75) is 46.5 Å². The molecule has 3 heteroatoms. The van der Waals surface area contributed by atoms with E-state index in [1.807, 2.05) is 25.1 Å². The standard InChI is InChI=1S/C16H28N2O/c1-4-7-9-13(5-2)12-18-14-10-8-11-15(16(14)17)19-6-3/h8,10-11,13,18H,4-7,9,12,17H2,1-3H3. The molecule has 19 heavy (non-hydrogen) atoms. The molecule has 0 saturated heterocycles. The number of benzene rings is 1. The molecular formula is C16H28N2O. The number of unbranched alkanes of at least 4 members (excludes halogenated alkanes) is 1. The van der Waals surface area contributed by atoms with Crippen molar-refractivity contribution in [2.24, 2.45) is 5.92 Å². The van der Waals surface area contributed by atoms with Crippen molar-refractivity contribution < 1.29 is 4.74 Å². The van der Waals surface area contributed by atoms with Gasteiger partial charge >= 0.3 is 0 Å². The van der Waals surface area contributed by atoms with Crippen molar-refractivity contribution >= 4 is 11.4 Å². The van der Waals surface area contributed by atoms with Gasteiger partial charge in [-0.15, -0.1) is 0 Å². The Morgan fingerprint density at radius 1 is 1.26 bits per heavy atom. The number of anilines is 2. The average molecular weight is 264 g/mol. The zero-order valence-corrected chi connectivity index (χ0v) is 12.5. The predicted octanol–water partition coefficient (Wildman–Crippen LogP) is 4.30. The maximum atomic E-state index is 6.11. The van der Waals surface area contributed by atoms with Gasteiger partial charge in [0.05, 0.1) is 18.0 Å². The molecule has 3 nitrogen and oxygen atoms in total. The van der Waals surface area contributed by atoms with Crippen LogP contribution in [-0.4, -0.2) is 13.2 Å². The van der Waals surface area contributed by atoms with E-state index in [1.165, 1.54) is 25.7 Å². The lowest BCUT2D eigenvalue weighted by atomic mass is 9.99. The van der Waals surface area contributed by atoms with Crippen molar-refractivity contribution in [1.82, 2.24) is 0 Å². The van der Waals surface area contributed by atoms with Crippen LogP contribution in [0.4, 0.5) is 11.4 Å². The highest BCUT2D eigenvalue weighted by Crippen LogP contribution is 2.29. The van der Waals surface area contributed by atoms with Crippen molar-refractivity contribution in [3.8, 4) is 5.75 Å². The number of para-hydroxylation sites is 1. The molecule has 108 valence electrons. The summed E-state index contributed by atoms with van der Waals surface area (Å²) in [5, 5.41) is 3.47. The van der Waals surface area contributed by atoms with Gasteiger partial charge in [-0.1, -0.05) is 39.2 Å². The number of ether oxygens (including phenoxy) is 1. The molecular weight excluding hydrogens is 236 g/mol. The monoisotopic (exact) mass is 264 g/mol. The highest BCUT2D eigenvalue weighted by molar-refractivity contribution is 5.72. The molecule has 1 aromatic rings. The summed E-state index contributed by atoms with van der Waals surface area (Å²) in [6, 6.07) is 5.92. The lowest BCUT2D eigenvalue weighted by Gasteiger charge is -2.18. The third-order valence-electron chi connectivity index (χ3n) is 3.49. The van der Waals surface area contributed by atoms with Gasteiger partial charge in [0.25, 0.3) is 0 Å². The molecule has 0 aromatic heterocycles. The Balaban J connectivity index is 2.58. The van der Waals surface area contributed by atoms with Gasteiger partial charge in [-0.25, -0.2) is 0 Å². The molecule has 0 bridgehead atoms. The van der Waals surface area contributed by atoms with E-state index >= 15 is 0 Å². The summed E-state index contributed by atoms with van der Waals surface area (Å²) in [6.45, 7) is 8.08. The van der Waals surface area contributed by atoms with Crippen LogP contribution in [0.5, 0.6) is 5.75 Å². The molecule has 0 aliphatic heterocycles. The Morgan fingerprint density at radius 3 is 2.68 bits per heavy atom. The van der Waals surface area contributed by atoms with E-state index in [0.29, 0.717) is 6.61 Å². The fourth-order valence-corrected chi connectivity index (χ4v) is 2.18. The second-order valence-electron chi connectivity index (χ2n) is 4.95. The van der Waals surface area contributed by atoms with Gasteiger partial charge in [-0.3, -0.25) is 0 Å². The quantitative estimate of drug-likeness (QED) is 0.654. The van der Waals surface area contributed by atoms with Crippen LogP contribution < -0.4 is 15.8 Å². The third-order valence-corrected chi connectivity index (χ3v) is 3.49. The number of hydrogen-bond acceptors (Lipinski definition) is 3. The van der Waals surface area contributed by atoms with Crippen LogP contribution in [0.25, 0.3) is 0 Å². The molecule has 1 unspecified atom stereocenters. The number of rotatable bonds is 9. The molecule has 0 amide bonds. The van der Waals surface area contributed by atoms with Crippen LogP contribution in [0.1, 0.15) is 46.5 Å². The van der Waals surface area contributed by atoms with Crippen LogP contribution >= 0.6 is 0 Å². The molecule has 0 radical (unpaired) electrons. The average Bonchev–Trinajstić information content (AvgIpc) is 2.43. The van der Waals surface area contributed by atoms with E-state index in [2.05, 4.69) is 19.2 Å². The SMILES string of the molecule is CCCCC(CC)CNc1cccc(OCC)c1N. The molecule has 3 N–H and O–H groups in total. The van der Waals surface area contributed by atoms with E-state index in [1.54, 1.807) is 0 Å². The minimum Gasteiger partial charge on any atom is -0.492 e. The Labute approximate surface area is 117 Å². The van der Waals surface area contributed by atoms with Gasteiger partial charge in [0.15, 0.2) is 0 Å². The fraction of sp³-hybridized carbons (Fsp3) is 0.625. The largest absolute Gasteiger partial charge is 0.492 e. The highest BCUT2D eigenvalue weighted by atomic mass is 16.5. The van der Waals surface area contributed by atoms with Crippen LogP contribution in [0.3, 0.4) is 0 Å². The first-order valence-electron chi connectivity index (χ1n) is 7.48. The van der Waals surface area contributed by atoms with Gasteiger partial charge < -0.3 is 15.8 Å². The summed E-state index contributed by atoms with van der Waals surface area (Å²) < 4.78 is 5.51. The Hall–Kier alpha value is -1.38. The van der Waals surface area contributed by atoms with E-state index in [9.17, 15) is 0 Å². The third kappa shape index (κ3) is 5.01. The molecule has 0 spiro atoms. The molecule has 0 heterocycles. The molecule has 0 aliphatic carbocycles. The van der Waals surface area contributed by atoms with Gasteiger partial charge in [0.1, 0.15) is 5.75 Å². The Kier molecular flexibility index (Phi) is 7.16. The number of nitrogens with two attached hydrogens (primary N) is 1. The number of nitrogens with one attached hydrogen (secondary N) is 1. The first kappa shape index (κ1) is 15.7. The van der Waals surface area contributed by atoms with Gasteiger partial charge in [-0.2, -0.15) is 0 Å². The maximum absolute atomic E-state index is 6.11. The Bertz CT molecular complexity index is 366. The van der Waals surface area contributed by atoms with E-state index in [-0.39, 0.29) is 0 Å². The number of nitrogen functional groups attached to an aromatic ring is 1. The summed E-state index contributed by atoms with van der Waals surface area (Å²) >= 11 is 0. The van der Waals surface area contributed by atoms with Crippen LogP contribution in [0.15, 0.2) is 18.2 Å². The van der Waals surface area contributed by atoms with E-state index in [4.69, 9.17) is 10.5 Å². The van der Waals surface area contributed by atoms with Gasteiger partial charge in [0.2, 0.25) is 0 Å². The fourth-order valence-electron chi connectivity index (χ4n) is 2.18. The van der Waals surface area contributed by atoms with Crippen molar-refractivity contribution in [1.29, 1.82) is 0 Å². The summed E-state index contributed by atoms with van der Waals surface area (Å²) in [5.74, 6) is 1.49. The molecule has 0 aliphatic rings. The molecule has 1 atom stereocenters. The van der Waals surface area contributed by atoms with Gasteiger partial charge in [0, 0.05) is 6.54 Å². The van der Waals surface area contributed by atoms with Crippen molar-refractivity contribution in [2.75, 3.05) is 24.2 Å². The molecule has 0 fully saturated rings. The van der Waals surface area contributed by atoms with E-state index < -0.39 is 0 Å². The topological polar surface area (TPSA) is 47.3 Å². The predicted molar refractivity (Wildman–Crippen MR) is 83.8 cm³/mol. The minimum atomic E-state index is 0.641. The second kappa shape index (κ2) is 8.68. The summed E-state index contributed by atoms with van der Waals surface area (Å²) in [4.78, 5) is 0. The molecule has 1 aromatic carbocycles. The minimum absolute atomic E-state index is 0.641.